The molecule has 0 spiro atoms. The summed E-state index contributed by atoms with van der Waals surface area (Å²) in [5, 5.41) is 0. The van der Waals surface area contributed by atoms with Crippen LogP contribution in [0.3, 0.4) is 0 Å². The number of ether oxygens (including phenoxy) is 1. The lowest BCUT2D eigenvalue weighted by atomic mass is 10.1. The van der Waals surface area contributed by atoms with Crippen molar-refractivity contribution in [2.24, 2.45) is 0 Å². The largest absolute Gasteiger partial charge is 0.462 e. The Hall–Kier alpha value is -2.36. The van der Waals surface area contributed by atoms with Gasteiger partial charge in [-0.05, 0) is 24.5 Å². The normalized spacial score (nSPS) is 10.1. The number of aromatic nitrogens is 1. The van der Waals surface area contributed by atoms with Crippen molar-refractivity contribution in [3.63, 3.8) is 0 Å². The van der Waals surface area contributed by atoms with Gasteiger partial charge in [-0.1, -0.05) is 30.3 Å². The van der Waals surface area contributed by atoms with Crippen molar-refractivity contribution >= 4 is 11.7 Å². The molecule has 0 aliphatic heterocycles. The number of esters is 1. The highest BCUT2D eigenvalue weighted by molar-refractivity contribution is 5.94. The van der Waals surface area contributed by atoms with Gasteiger partial charge in [-0.15, -0.1) is 0 Å². The Kier molecular flexibility index (Phi) is 4.50. The minimum Gasteiger partial charge on any atom is -0.462 e. The fraction of sp³-hybridized carbons (Fsp3) is 0.200. The third kappa shape index (κ3) is 3.81. The van der Waals surface area contributed by atoms with Crippen LogP contribution in [0.5, 0.6) is 0 Å². The van der Waals surface area contributed by atoms with Crippen molar-refractivity contribution in [1.82, 2.24) is 4.98 Å². The zero-order valence-corrected chi connectivity index (χ0v) is 10.6. The molecule has 2 aromatic rings. The van der Waals surface area contributed by atoms with Crippen LogP contribution in [0, 0.1) is 0 Å². The van der Waals surface area contributed by atoms with E-state index < -0.39 is 5.97 Å². The lowest BCUT2D eigenvalue weighted by molar-refractivity contribution is 0.0502. The van der Waals surface area contributed by atoms with Crippen molar-refractivity contribution in [3.05, 3.63) is 59.9 Å². The van der Waals surface area contributed by atoms with Gasteiger partial charge in [0.05, 0.1) is 24.1 Å². The first-order valence-electron chi connectivity index (χ1n) is 6.18. The molecule has 0 atom stereocenters. The number of benzene rings is 1. The summed E-state index contributed by atoms with van der Waals surface area (Å²) >= 11 is 0. The molecule has 0 saturated carbocycles. The lowest BCUT2D eigenvalue weighted by Crippen LogP contribution is -2.09. The number of nitrogen functional groups attached to an aromatic ring is 1. The molecule has 4 nitrogen and oxygen atoms in total. The predicted molar refractivity (Wildman–Crippen MR) is 73.7 cm³/mol. The second kappa shape index (κ2) is 6.54. The predicted octanol–water partition coefficient (Wildman–Crippen LogP) is 2.45. The molecular formula is C15H16N2O2. The summed E-state index contributed by atoms with van der Waals surface area (Å²) < 4.78 is 5.18. The van der Waals surface area contributed by atoms with Gasteiger partial charge in [-0.2, -0.15) is 0 Å². The summed E-state index contributed by atoms with van der Waals surface area (Å²) in [6.07, 6.45) is 4.65. The van der Waals surface area contributed by atoms with Crippen LogP contribution < -0.4 is 5.73 Å². The minimum absolute atomic E-state index is 0.343. The van der Waals surface area contributed by atoms with Crippen LogP contribution in [0.15, 0.2) is 48.8 Å². The molecule has 2 rings (SSSR count). The van der Waals surface area contributed by atoms with Gasteiger partial charge in [-0.3, -0.25) is 4.98 Å². The highest BCUT2D eigenvalue weighted by Crippen LogP contribution is 2.10. The number of carbonyl (C=O) groups excluding carboxylic acids is 1. The van der Waals surface area contributed by atoms with Crippen LogP contribution in [0.2, 0.25) is 0 Å². The zero-order valence-electron chi connectivity index (χ0n) is 10.6. The number of carbonyl (C=O) groups is 1. The van der Waals surface area contributed by atoms with E-state index in [1.54, 1.807) is 6.07 Å². The van der Waals surface area contributed by atoms with Gasteiger partial charge in [-0.25, -0.2) is 4.79 Å². The number of rotatable bonds is 5. The Balaban J connectivity index is 1.77. The first-order chi connectivity index (χ1) is 9.27. The molecular weight excluding hydrogens is 240 g/mol. The van der Waals surface area contributed by atoms with E-state index in [1.807, 2.05) is 18.2 Å². The van der Waals surface area contributed by atoms with Crippen LogP contribution in [-0.4, -0.2) is 17.6 Å². The number of hydrogen-bond donors (Lipinski definition) is 1. The summed E-state index contributed by atoms with van der Waals surface area (Å²) in [7, 11) is 0. The molecule has 0 bridgehead atoms. The Morgan fingerprint density at radius 3 is 2.74 bits per heavy atom. The average molecular weight is 256 g/mol. The van der Waals surface area contributed by atoms with E-state index in [0.29, 0.717) is 17.9 Å². The zero-order chi connectivity index (χ0) is 13.5. The second-order valence-corrected chi connectivity index (χ2v) is 4.19. The van der Waals surface area contributed by atoms with Crippen LogP contribution in [0.25, 0.3) is 0 Å². The van der Waals surface area contributed by atoms with Crippen molar-refractivity contribution < 1.29 is 9.53 Å². The summed E-state index contributed by atoms with van der Waals surface area (Å²) in [6.45, 7) is 0.384. The van der Waals surface area contributed by atoms with Gasteiger partial charge in [0, 0.05) is 6.20 Å². The number of anilines is 1. The molecule has 0 radical (unpaired) electrons. The number of pyridine rings is 1. The highest BCUT2D eigenvalue weighted by atomic mass is 16.5. The summed E-state index contributed by atoms with van der Waals surface area (Å²) in [4.78, 5) is 15.6. The maximum absolute atomic E-state index is 11.7. The van der Waals surface area contributed by atoms with E-state index in [0.717, 1.165) is 12.8 Å². The molecule has 19 heavy (non-hydrogen) atoms. The highest BCUT2D eigenvalue weighted by Gasteiger charge is 2.10. The molecule has 0 aliphatic carbocycles. The quantitative estimate of drug-likeness (QED) is 0.659. The fourth-order valence-corrected chi connectivity index (χ4v) is 1.76. The summed E-state index contributed by atoms with van der Waals surface area (Å²) in [5.41, 5.74) is 7.60. The SMILES string of the molecule is Nc1cnccc1C(=O)OCCCc1ccccc1. The second-order valence-electron chi connectivity index (χ2n) is 4.19. The van der Waals surface area contributed by atoms with Gasteiger partial charge in [0.15, 0.2) is 0 Å². The first-order valence-corrected chi connectivity index (χ1v) is 6.18. The first kappa shape index (κ1) is 13.1. The van der Waals surface area contributed by atoms with Crippen molar-refractivity contribution in [1.29, 1.82) is 0 Å². The third-order valence-corrected chi connectivity index (χ3v) is 2.76. The summed E-state index contributed by atoms with van der Waals surface area (Å²) in [5.74, 6) is -0.395. The maximum Gasteiger partial charge on any atom is 0.340 e. The lowest BCUT2D eigenvalue weighted by Gasteiger charge is -2.06. The molecule has 98 valence electrons. The molecule has 0 unspecified atom stereocenters. The molecule has 0 aliphatic rings. The van der Waals surface area contributed by atoms with Crippen molar-refractivity contribution in [2.75, 3.05) is 12.3 Å². The fourth-order valence-electron chi connectivity index (χ4n) is 1.76. The van der Waals surface area contributed by atoms with Crippen LogP contribution in [0.4, 0.5) is 5.69 Å². The van der Waals surface area contributed by atoms with Gasteiger partial charge in [0.2, 0.25) is 0 Å². The van der Waals surface area contributed by atoms with E-state index in [4.69, 9.17) is 10.5 Å². The molecule has 0 saturated heterocycles. The number of aryl methyl sites for hydroxylation is 1. The number of hydrogen-bond acceptors (Lipinski definition) is 4. The Bertz CT molecular complexity index is 541. The van der Waals surface area contributed by atoms with Crippen LogP contribution in [0.1, 0.15) is 22.3 Å². The molecule has 2 N–H and O–H groups in total. The Morgan fingerprint density at radius 1 is 1.21 bits per heavy atom. The van der Waals surface area contributed by atoms with Crippen LogP contribution >= 0.6 is 0 Å². The van der Waals surface area contributed by atoms with Crippen molar-refractivity contribution in [2.45, 2.75) is 12.8 Å². The van der Waals surface area contributed by atoms with E-state index in [1.165, 1.54) is 18.0 Å². The molecule has 1 heterocycles. The molecule has 0 amide bonds. The molecule has 0 fully saturated rings. The molecule has 4 heteroatoms. The Labute approximate surface area is 112 Å². The summed E-state index contributed by atoms with van der Waals surface area (Å²) in [6, 6.07) is 11.7. The monoisotopic (exact) mass is 256 g/mol. The van der Waals surface area contributed by atoms with Gasteiger partial charge >= 0.3 is 5.97 Å². The standard InChI is InChI=1S/C15H16N2O2/c16-14-11-17-9-8-13(14)15(18)19-10-4-7-12-5-2-1-3-6-12/h1-3,5-6,8-9,11H,4,7,10,16H2. The smallest absolute Gasteiger partial charge is 0.340 e. The average Bonchev–Trinajstić information content (AvgIpc) is 2.45. The molecule has 1 aromatic heterocycles. The number of nitrogens with two attached hydrogens (primary N) is 1. The van der Waals surface area contributed by atoms with Crippen molar-refractivity contribution in [3.8, 4) is 0 Å². The van der Waals surface area contributed by atoms with E-state index >= 15 is 0 Å². The minimum atomic E-state index is -0.395. The topological polar surface area (TPSA) is 65.2 Å². The van der Waals surface area contributed by atoms with Gasteiger partial charge in [0.1, 0.15) is 0 Å². The van der Waals surface area contributed by atoms with E-state index in [9.17, 15) is 4.79 Å². The third-order valence-electron chi connectivity index (χ3n) is 2.76. The molecule has 1 aromatic carbocycles. The van der Waals surface area contributed by atoms with Gasteiger partial charge < -0.3 is 10.5 Å². The van der Waals surface area contributed by atoms with E-state index in [2.05, 4.69) is 17.1 Å². The number of nitrogens with zero attached hydrogens (tertiary/aromatic N) is 1. The van der Waals surface area contributed by atoms with Gasteiger partial charge in [0.25, 0.3) is 0 Å². The van der Waals surface area contributed by atoms with E-state index in [-0.39, 0.29) is 0 Å². The Morgan fingerprint density at radius 2 is 2.00 bits per heavy atom. The van der Waals surface area contributed by atoms with Crippen LogP contribution in [-0.2, 0) is 11.2 Å². The maximum atomic E-state index is 11.7.